The number of nitrogens with one attached hydrogen (secondary N) is 2. The van der Waals surface area contributed by atoms with E-state index in [4.69, 9.17) is 0 Å². The van der Waals surface area contributed by atoms with Crippen molar-refractivity contribution >= 4 is 5.91 Å². The molecule has 1 amide bonds. The molecule has 0 aromatic heterocycles. The summed E-state index contributed by atoms with van der Waals surface area (Å²) in [4.78, 5) is 14.5. The number of fused-ring (bicyclic) bond motifs is 3. The number of carbonyl (C=O) groups is 1. The van der Waals surface area contributed by atoms with E-state index in [2.05, 4.69) is 22.5 Å². The van der Waals surface area contributed by atoms with Crippen LogP contribution < -0.4 is 10.6 Å². The molecule has 0 aromatic carbocycles. The molecule has 4 nitrogen and oxygen atoms in total. The van der Waals surface area contributed by atoms with Crippen LogP contribution in [0.4, 0.5) is 0 Å². The summed E-state index contributed by atoms with van der Waals surface area (Å²) in [5, 5.41) is 6.47. The van der Waals surface area contributed by atoms with E-state index in [0.29, 0.717) is 6.04 Å². The van der Waals surface area contributed by atoms with Gasteiger partial charge in [-0.05, 0) is 38.4 Å². The van der Waals surface area contributed by atoms with Crippen LogP contribution in [0.2, 0.25) is 0 Å². The van der Waals surface area contributed by atoms with E-state index in [0.717, 1.165) is 25.6 Å². The van der Waals surface area contributed by atoms with Gasteiger partial charge in [-0.2, -0.15) is 0 Å². The molecule has 3 aliphatic rings. The zero-order chi connectivity index (χ0) is 12.3. The second-order valence-electron chi connectivity index (χ2n) is 5.46. The molecule has 3 rings (SSSR count). The van der Waals surface area contributed by atoms with Gasteiger partial charge in [-0.15, -0.1) is 0 Å². The van der Waals surface area contributed by atoms with Crippen molar-refractivity contribution in [3.8, 4) is 0 Å². The largest absolute Gasteiger partial charge is 0.352 e. The molecule has 4 heteroatoms. The van der Waals surface area contributed by atoms with Gasteiger partial charge in [-0.3, -0.25) is 4.79 Å². The minimum absolute atomic E-state index is 0.0744. The lowest BCUT2D eigenvalue weighted by molar-refractivity contribution is -0.126. The van der Waals surface area contributed by atoms with Crippen LogP contribution in [0.15, 0.2) is 0 Å². The zero-order valence-electron chi connectivity index (χ0n) is 11.0. The minimum atomic E-state index is 0.0744. The van der Waals surface area contributed by atoms with Crippen molar-refractivity contribution in [2.45, 2.75) is 32.7 Å². The van der Waals surface area contributed by atoms with Crippen molar-refractivity contribution in [2.75, 3.05) is 32.7 Å². The van der Waals surface area contributed by atoms with Crippen molar-refractivity contribution in [3.05, 3.63) is 0 Å². The molecule has 3 saturated heterocycles. The Hall–Kier alpha value is -0.610. The first-order valence-corrected chi connectivity index (χ1v) is 6.94. The van der Waals surface area contributed by atoms with Crippen LogP contribution in [0.3, 0.4) is 0 Å². The van der Waals surface area contributed by atoms with E-state index in [1.54, 1.807) is 0 Å². The van der Waals surface area contributed by atoms with E-state index in [-0.39, 0.29) is 11.8 Å². The van der Waals surface area contributed by atoms with Gasteiger partial charge in [0.15, 0.2) is 0 Å². The number of piperidine rings is 3. The summed E-state index contributed by atoms with van der Waals surface area (Å²) in [6.45, 7) is 9.29. The van der Waals surface area contributed by atoms with E-state index in [1.165, 1.54) is 25.9 Å². The van der Waals surface area contributed by atoms with Crippen molar-refractivity contribution in [1.29, 1.82) is 0 Å². The van der Waals surface area contributed by atoms with Gasteiger partial charge < -0.3 is 15.5 Å². The summed E-state index contributed by atoms with van der Waals surface area (Å²) >= 11 is 0. The molecule has 17 heavy (non-hydrogen) atoms. The average Bonchev–Trinajstić information content (AvgIpc) is 2.37. The monoisotopic (exact) mass is 239 g/mol. The van der Waals surface area contributed by atoms with Crippen LogP contribution in [-0.2, 0) is 4.79 Å². The Balaban J connectivity index is 1.78. The van der Waals surface area contributed by atoms with Crippen LogP contribution in [-0.4, -0.2) is 49.6 Å². The first kappa shape index (κ1) is 12.8. The van der Waals surface area contributed by atoms with Gasteiger partial charge in [0.1, 0.15) is 0 Å². The number of hydrogen-bond donors (Lipinski definition) is 2. The summed E-state index contributed by atoms with van der Waals surface area (Å²) in [6.07, 6.45) is 2.51. The van der Waals surface area contributed by atoms with E-state index in [1.807, 2.05) is 6.92 Å². The second kappa shape index (κ2) is 5.83. The standard InChI is InChI=1S/C13H25N3O/c1-3-14-8-10(2)13(17)15-12-9-16-6-4-11(12)5-7-16/h10-12,14H,3-9H2,1-2H3,(H,15,17). The lowest BCUT2D eigenvalue weighted by Crippen LogP contribution is -2.58. The first-order valence-electron chi connectivity index (χ1n) is 6.94. The molecule has 0 spiro atoms. The van der Waals surface area contributed by atoms with Crippen molar-refractivity contribution < 1.29 is 4.79 Å². The Kier molecular flexibility index (Phi) is 4.40. The number of hydrogen-bond acceptors (Lipinski definition) is 3. The third-order valence-corrected chi connectivity index (χ3v) is 4.13. The van der Waals surface area contributed by atoms with Gasteiger partial charge in [0.05, 0.1) is 0 Å². The maximum atomic E-state index is 12.0. The molecule has 0 radical (unpaired) electrons. The fourth-order valence-corrected chi connectivity index (χ4v) is 2.91. The lowest BCUT2D eigenvalue weighted by atomic mass is 9.84. The normalized spacial score (nSPS) is 33.4. The molecular weight excluding hydrogens is 214 g/mol. The molecule has 98 valence electrons. The van der Waals surface area contributed by atoms with E-state index in [9.17, 15) is 4.79 Å². The van der Waals surface area contributed by atoms with E-state index < -0.39 is 0 Å². The predicted molar refractivity (Wildman–Crippen MR) is 68.8 cm³/mol. The van der Waals surface area contributed by atoms with Crippen LogP contribution in [0.25, 0.3) is 0 Å². The van der Waals surface area contributed by atoms with Crippen LogP contribution in [0.1, 0.15) is 26.7 Å². The van der Waals surface area contributed by atoms with Crippen molar-refractivity contribution in [3.63, 3.8) is 0 Å². The Labute approximate surface area is 104 Å². The van der Waals surface area contributed by atoms with Crippen molar-refractivity contribution in [1.82, 2.24) is 15.5 Å². The van der Waals surface area contributed by atoms with Crippen LogP contribution in [0, 0.1) is 11.8 Å². The van der Waals surface area contributed by atoms with Gasteiger partial charge >= 0.3 is 0 Å². The highest BCUT2D eigenvalue weighted by Gasteiger charge is 2.35. The first-order chi connectivity index (χ1) is 8.20. The average molecular weight is 239 g/mol. The van der Waals surface area contributed by atoms with Gasteiger partial charge in [0, 0.05) is 25.0 Å². The van der Waals surface area contributed by atoms with Gasteiger partial charge in [0.25, 0.3) is 0 Å². The molecule has 0 aliphatic carbocycles. The number of carbonyl (C=O) groups excluding carboxylic acids is 1. The van der Waals surface area contributed by atoms with Gasteiger partial charge in [0.2, 0.25) is 5.91 Å². The highest BCUT2D eigenvalue weighted by Crippen LogP contribution is 2.27. The molecule has 2 atom stereocenters. The zero-order valence-corrected chi connectivity index (χ0v) is 11.0. The molecule has 3 heterocycles. The SMILES string of the molecule is CCNCC(C)C(=O)NC1CN2CCC1CC2. The Bertz CT molecular complexity index is 261. The second-order valence-corrected chi connectivity index (χ2v) is 5.46. The Morgan fingerprint density at radius 2 is 2.12 bits per heavy atom. The highest BCUT2D eigenvalue weighted by molar-refractivity contribution is 5.78. The van der Waals surface area contributed by atoms with Gasteiger partial charge in [-0.25, -0.2) is 0 Å². The van der Waals surface area contributed by atoms with Crippen LogP contribution >= 0.6 is 0 Å². The highest BCUT2D eigenvalue weighted by atomic mass is 16.2. The molecule has 0 aromatic rings. The molecule has 3 aliphatic heterocycles. The number of nitrogens with zero attached hydrogens (tertiary/aromatic N) is 1. The third-order valence-electron chi connectivity index (χ3n) is 4.13. The molecule has 3 fully saturated rings. The summed E-state index contributed by atoms with van der Waals surface area (Å²) in [6, 6.07) is 0.397. The van der Waals surface area contributed by atoms with E-state index >= 15 is 0 Å². The summed E-state index contributed by atoms with van der Waals surface area (Å²) < 4.78 is 0. The fourth-order valence-electron chi connectivity index (χ4n) is 2.91. The number of rotatable bonds is 5. The Morgan fingerprint density at radius 1 is 1.41 bits per heavy atom. The summed E-state index contributed by atoms with van der Waals surface area (Å²) in [5.41, 5.74) is 0. The molecular formula is C13H25N3O. The summed E-state index contributed by atoms with van der Waals surface area (Å²) in [7, 11) is 0. The lowest BCUT2D eigenvalue weighted by Gasteiger charge is -2.45. The molecule has 0 saturated carbocycles. The van der Waals surface area contributed by atoms with Crippen molar-refractivity contribution in [2.24, 2.45) is 11.8 Å². The molecule has 2 N–H and O–H groups in total. The van der Waals surface area contributed by atoms with Crippen LogP contribution in [0.5, 0.6) is 0 Å². The number of amides is 1. The molecule has 2 unspecified atom stereocenters. The quantitative estimate of drug-likeness (QED) is 0.732. The predicted octanol–water partition coefficient (Wildman–Crippen LogP) is 0.442. The maximum absolute atomic E-state index is 12.0. The third kappa shape index (κ3) is 3.19. The maximum Gasteiger partial charge on any atom is 0.224 e. The minimum Gasteiger partial charge on any atom is -0.352 e. The topological polar surface area (TPSA) is 44.4 Å². The summed E-state index contributed by atoms with van der Waals surface area (Å²) in [5.74, 6) is 1.00. The Morgan fingerprint density at radius 3 is 2.65 bits per heavy atom. The van der Waals surface area contributed by atoms with Gasteiger partial charge in [-0.1, -0.05) is 13.8 Å². The molecule has 2 bridgehead atoms. The fraction of sp³-hybridized carbons (Fsp3) is 0.923. The smallest absolute Gasteiger partial charge is 0.224 e.